The van der Waals surface area contributed by atoms with Crippen molar-refractivity contribution in [2.75, 3.05) is 27.2 Å². The lowest BCUT2D eigenvalue weighted by molar-refractivity contribution is -0.384. The zero-order valence-corrected chi connectivity index (χ0v) is 17.1. The normalized spacial score (nSPS) is 26.2. The molecule has 0 bridgehead atoms. The molecule has 7 heteroatoms. The number of H-pyrrole nitrogens is 1. The van der Waals surface area contributed by atoms with E-state index in [9.17, 15) is 15.2 Å². The Labute approximate surface area is 174 Å². The van der Waals surface area contributed by atoms with E-state index in [1.54, 1.807) is 19.2 Å². The van der Waals surface area contributed by atoms with Gasteiger partial charge in [0.2, 0.25) is 0 Å². The van der Waals surface area contributed by atoms with Gasteiger partial charge in [0.15, 0.2) is 0 Å². The van der Waals surface area contributed by atoms with E-state index < -0.39 is 11.0 Å². The molecule has 0 saturated carbocycles. The number of nitrogens with one attached hydrogen (secondary N) is 1. The van der Waals surface area contributed by atoms with Crippen LogP contribution in [-0.4, -0.2) is 52.8 Å². The van der Waals surface area contributed by atoms with Crippen LogP contribution in [0.25, 0.3) is 10.9 Å². The molecule has 3 aromatic rings. The Balaban J connectivity index is 1.69. The molecule has 2 atom stereocenters. The van der Waals surface area contributed by atoms with Gasteiger partial charge in [0.1, 0.15) is 5.75 Å². The molecule has 2 N–H and O–H groups in total. The number of non-ortho nitro benzene ring substituents is 1. The third-order valence-corrected chi connectivity index (χ3v) is 7.10. The summed E-state index contributed by atoms with van der Waals surface area (Å²) in [6.45, 7) is 1.46. The van der Waals surface area contributed by atoms with Crippen LogP contribution >= 0.6 is 0 Å². The van der Waals surface area contributed by atoms with Gasteiger partial charge < -0.3 is 19.7 Å². The molecule has 0 spiro atoms. The Morgan fingerprint density at radius 2 is 2.07 bits per heavy atom. The number of nitro benzene ring substituents is 1. The number of benzene rings is 2. The molecule has 0 radical (unpaired) electrons. The van der Waals surface area contributed by atoms with Crippen molar-refractivity contribution in [3.63, 3.8) is 0 Å². The molecule has 2 aromatic carbocycles. The number of nitro groups is 1. The quantitative estimate of drug-likeness (QED) is 0.514. The fraction of sp³-hybridized carbons (Fsp3) is 0.391. The minimum atomic E-state index is -0.948. The zero-order chi connectivity index (χ0) is 21.1. The van der Waals surface area contributed by atoms with Crippen LogP contribution < -0.4 is 4.74 Å². The Morgan fingerprint density at radius 1 is 1.23 bits per heavy atom. The van der Waals surface area contributed by atoms with E-state index in [0.29, 0.717) is 19.4 Å². The number of aromatic amines is 1. The molecule has 1 aliphatic carbocycles. The molecule has 156 valence electrons. The van der Waals surface area contributed by atoms with E-state index >= 15 is 0 Å². The second-order valence-electron chi connectivity index (χ2n) is 8.76. The molecule has 2 aliphatic rings. The molecule has 0 amide bonds. The summed E-state index contributed by atoms with van der Waals surface area (Å²) in [6.07, 6.45) is 1.98. The first-order valence-electron chi connectivity index (χ1n) is 10.2. The maximum atomic E-state index is 12.1. The number of aromatic nitrogens is 1. The van der Waals surface area contributed by atoms with Gasteiger partial charge in [-0.05, 0) is 49.3 Å². The molecule has 5 rings (SSSR count). The Hall–Kier alpha value is -2.90. The number of piperidine rings is 1. The van der Waals surface area contributed by atoms with Crippen molar-refractivity contribution in [1.82, 2.24) is 9.88 Å². The summed E-state index contributed by atoms with van der Waals surface area (Å²) >= 11 is 0. The van der Waals surface area contributed by atoms with Crippen LogP contribution in [0.1, 0.15) is 23.2 Å². The third-order valence-electron chi connectivity index (χ3n) is 7.10. The number of methoxy groups -OCH3 is 1. The van der Waals surface area contributed by atoms with Crippen LogP contribution in [-0.2, 0) is 18.3 Å². The molecule has 1 aliphatic heterocycles. The molecule has 30 heavy (non-hydrogen) atoms. The van der Waals surface area contributed by atoms with E-state index in [0.717, 1.165) is 46.4 Å². The second kappa shape index (κ2) is 6.55. The summed E-state index contributed by atoms with van der Waals surface area (Å²) in [4.78, 5) is 16.5. The molecule has 1 saturated heterocycles. The number of nitrogens with zero attached hydrogens (tertiary/aromatic N) is 2. The number of aliphatic hydroxyl groups is 1. The molecular weight excluding hydrogens is 382 g/mol. The monoisotopic (exact) mass is 407 g/mol. The topological polar surface area (TPSA) is 91.6 Å². The van der Waals surface area contributed by atoms with Gasteiger partial charge >= 0.3 is 0 Å². The summed E-state index contributed by atoms with van der Waals surface area (Å²) in [5, 5.41) is 24.3. The molecular formula is C23H25N3O4. The van der Waals surface area contributed by atoms with Gasteiger partial charge in [-0.3, -0.25) is 10.1 Å². The lowest BCUT2D eigenvalue weighted by Gasteiger charge is -2.56. The average Bonchev–Trinajstić information content (AvgIpc) is 3.07. The van der Waals surface area contributed by atoms with Crippen molar-refractivity contribution >= 4 is 16.6 Å². The number of hydrogen-bond donors (Lipinski definition) is 2. The van der Waals surface area contributed by atoms with Crippen molar-refractivity contribution in [1.29, 1.82) is 0 Å². The highest BCUT2D eigenvalue weighted by molar-refractivity contribution is 5.87. The third kappa shape index (κ3) is 2.66. The molecule has 7 nitrogen and oxygen atoms in total. The van der Waals surface area contributed by atoms with Crippen molar-refractivity contribution in [2.45, 2.75) is 30.3 Å². The first kappa shape index (κ1) is 19.1. The zero-order valence-electron chi connectivity index (χ0n) is 17.1. The van der Waals surface area contributed by atoms with Crippen LogP contribution in [0.4, 0.5) is 5.69 Å². The minimum Gasteiger partial charge on any atom is -0.497 e. The first-order valence-corrected chi connectivity index (χ1v) is 10.2. The van der Waals surface area contributed by atoms with Crippen molar-refractivity contribution in [3.05, 3.63) is 69.4 Å². The fourth-order valence-electron chi connectivity index (χ4n) is 5.57. The Bertz CT molecular complexity index is 1160. The molecule has 0 unspecified atom stereocenters. The maximum Gasteiger partial charge on any atom is 0.271 e. The van der Waals surface area contributed by atoms with Gasteiger partial charge in [-0.25, -0.2) is 0 Å². The number of likely N-dealkylation sites (N-methyl/N-ethyl adjacent to an activating group) is 1. The van der Waals surface area contributed by atoms with Gasteiger partial charge in [0.25, 0.3) is 5.69 Å². The number of β-amino-alcohol motifs (C(OH)–C–C–N with tert-alkyl or cyclic N) is 1. The van der Waals surface area contributed by atoms with Crippen LogP contribution in [0.5, 0.6) is 5.75 Å². The molecule has 2 heterocycles. The smallest absolute Gasteiger partial charge is 0.271 e. The molecule has 1 aromatic heterocycles. The van der Waals surface area contributed by atoms with Crippen LogP contribution in [0.15, 0.2) is 42.5 Å². The van der Waals surface area contributed by atoms with Gasteiger partial charge in [-0.1, -0.05) is 12.1 Å². The van der Waals surface area contributed by atoms with E-state index in [-0.39, 0.29) is 10.6 Å². The summed E-state index contributed by atoms with van der Waals surface area (Å²) in [5.74, 6) is 0.779. The number of fused-ring (bicyclic) bond motifs is 4. The predicted molar refractivity (Wildman–Crippen MR) is 114 cm³/mol. The lowest BCUT2D eigenvalue weighted by Crippen LogP contribution is -2.65. The van der Waals surface area contributed by atoms with Gasteiger partial charge in [0.05, 0.1) is 23.2 Å². The average molecular weight is 407 g/mol. The largest absolute Gasteiger partial charge is 0.497 e. The van der Waals surface area contributed by atoms with Crippen molar-refractivity contribution in [3.8, 4) is 5.75 Å². The highest BCUT2D eigenvalue weighted by Gasteiger charge is 2.57. The van der Waals surface area contributed by atoms with Crippen LogP contribution in [0.3, 0.4) is 0 Å². The van der Waals surface area contributed by atoms with E-state index in [4.69, 9.17) is 4.74 Å². The van der Waals surface area contributed by atoms with Crippen LogP contribution in [0, 0.1) is 10.1 Å². The number of ether oxygens (including phenoxy) is 1. The SMILES string of the molecule is COc1cccc([C@@]23CCN(C)C[C@@]2(O)Cc2c([nH]c4cc([N+](=O)[O-])ccc24)C3)c1. The Morgan fingerprint density at radius 3 is 2.83 bits per heavy atom. The van der Waals surface area contributed by atoms with E-state index in [1.807, 2.05) is 25.2 Å². The predicted octanol–water partition coefficient (Wildman–Crippen LogP) is 3.19. The summed E-state index contributed by atoms with van der Waals surface area (Å²) < 4.78 is 5.47. The summed E-state index contributed by atoms with van der Waals surface area (Å²) in [5.41, 5.74) is 2.63. The van der Waals surface area contributed by atoms with Crippen molar-refractivity contribution in [2.24, 2.45) is 0 Å². The molecule has 1 fully saturated rings. The number of likely N-dealkylation sites (tertiary alicyclic amines) is 1. The highest BCUT2D eigenvalue weighted by atomic mass is 16.6. The highest BCUT2D eigenvalue weighted by Crippen LogP contribution is 2.51. The summed E-state index contributed by atoms with van der Waals surface area (Å²) in [6, 6.07) is 12.9. The standard InChI is InChI=1S/C23H25N3O4/c1-25-9-8-22(15-4-3-5-17(10-15)30-2)13-21-19(12-23(22,27)14-25)18-7-6-16(26(28)29)11-20(18)24-21/h3-7,10-11,24,27H,8-9,12-14H2,1-2H3/t22-,23-/m0/s1. The number of rotatable bonds is 3. The number of hydrogen-bond acceptors (Lipinski definition) is 5. The van der Waals surface area contributed by atoms with Gasteiger partial charge in [-0.2, -0.15) is 0 Å². The van der Waals surface area contributed by atoms with Crippen LogP contribution in [0.2, 0.25) is 0 Å². The van der Waals surface area contributed by atoms with E-state index in [1.165, 1.54) is 6.07 Å². The van der Waals surface area contributed by atoms with Gasteiger partial charge in [-0.15, -0.1) is 0 Å². The first-order chi connectivity index (χ1) is 14.3. The maximum absolute atomic E-state index is 12.1. The minimum absolute atomic E-state index is 0.0690. The van der Waals surface area contributed by atoms with Crippen molar-refractivity contribution < 1.29 is 14.8 Å². The lowest BCUT2D eigenvalue weighted by atomic mass is 9.56. The van der Waals surface area contributed by atoms with Gasteiger partial charge in [0, 0.05) is 48.0 Å². The Kier molecular flexibility index (Phi) is 4.17. The van der Waals surface area contributed by atoms with E-state index in [2.05, 4.69) is 16.0 Å². The second-order valence-corrected chi connectivity index (χ2v) is 8.76. The fourth-order valence-corrected chi connectivity index (χ4v) is 5.57. The summed E-state index contributed by atoms with van der Waals surface area (Å²) in [7, 11) is 3.70.